The molecular formula is C58H40N2. The van der Waals surface area contributed by atoms with Crippen molar-refractivity contribution in [3.63, 3.8) is 0 Å². The minimum Gasteiger partial charge on any atom is -0.310 e. The predicted octanol–water partition coefficient (Wildman–Crippen LogP) is 13.0. The Kier molecular flexibility index (Phi) is 6.29. The summed E-state index contributed by atoms with van der Waals surface area (Å²) in [6.07, 6.45) is 6.27. The van der Waals surface area contributed by atoms with Gasteiger partial charge in [-0.15, -0.1) is 0 Å². The summed E-state index contributed by atoms with van der Waals surface area (Å²) in [7, 11) is 0. The number of aromatic nitrogens is 2. The van der Waals surface area contributed by atoms with E-state index in [1.54, 1.807) is 0 Å². The Hall–Kier alpha value is -7.16. The van der Waals surface area contributed by atoms with Crippen molar-refractivity contribution in [3.8, 4) is 22.5 Å². The van der Waals surface area contributed by atoms with Gasteiger partial charge in [-0.2, -0.15) is 0 Å². The number of para-hydroxylation sites is 2. The average molecular weight is 765 g/mol. The molecule has 0 saturated carbocycles. The molecule has 2 heterocycles. The van der Waals surface area contributed by atoms with Crippen LogP contribution in [0.1, 0.15) is 42.0 Å². The Morgan fingerprint density at radius 2 is 1.02 bits per heavy atom. The number of fused-ring (bicyclic) bond motifs is 18. The molecule has 0 amide bonds. The van der Waals surface area contributed by atoms with Crippen LogP contribution in [-0.4, -0.2) is 9.13 Å². The first-order valence-electron chi connectivity index (χ1n) is 21.5. The lowest BCUT2D eigenvalue weighted by atomic mass is 9.74. The lowest BCUT2D eigenvalue weighted by Gasteiger charge is -2.29. The van der Waals surface area contributed by atoms with Gasteiger partial charge >= 0.3 is 0 Å². The second kappa shape index (κ2) is 11.5. The van der Waals surface area contributed by atoms with E-state index in [1.807, 2.05) is 0 Å². The van der Waals surface area contributed by atoms with Gasteiger partial charge in [0.25, 0.3) is 0 Å². The molecule has 2 aromatic heterocycles. The topological polar surface area (TPSA) is 9.86 Å². The molecule has 2 nitrogen and oxygen atoms in total. The van der Waals surface area contributed by atoms with E-state index in [2.05, 4.69) is 205 Å². The van der Waals surface area contributed by atoms with Gasteiger partial charge in [0.2, 0.25) is 0 Å². The average Bonchev–Trinajstić information content (AvgIpc) is 3.99. The third-order valence-corrected chi connectivity index (χ3v) is 14.8. The van der Waals surface area contributed by atoms with Gasteiger partial charge < -0.3 is 9.13 Å². The normalized spacial score (nSPS) is 17.2. The molecule has 0 bridgehead atoms. The van der Waals surface area contributed by atoms with Crippen molar-refractivity contribution in [1.82, 2.24) is 9.13 Å². The van der Waals surface area contributed by atoms with Crippen LogP contribution in [0.2, 0.25) is 0 Å². The number of nitrogens with zero attached hydrogens (tertiary/aromatic N) is 2. The molecule has 0 N–H and O–H groups in total. The van der Waals surface area contributed by atoms with E-state index in [0.717, 1.165) is 6.42 Å². The summed E-state index contributed by atoms with van der Waals surface area (Å²) < 4.78 is 5.07. The molecule has 2 heteroatoms. The van der Waals surface area contributed by atoms with Gasteiger partial charge in [0.05, 0.1) is 21.9 Å². The number of benzene rings is 9. The zero-order valence-electron chi connectivity index (χ0n) is 33.6. The van der Waals surface area contributed by atoms with Crippen LogP contribution >= 0.6 is 0 Å². The van der Waals surface area contributed by atoms with Gasteiger partial charge in [-0.05, 0) is 132 Å². The third-order valence-electron chi connectivity index (χ3n) is 14.8. The van der Waals surface area contributed by atoms with Crippen LogP contribution < -0.4 is 10.6 Å². The highest BCUT2D eigenvalue weighted by molar-refractivity contribution is 6.25. The summed E-state index contributed by atoms with van der Waals surface area (Å²) in [5.41, 5.74) is 14.6. The zero-order valence-corrected chi connectivity index (χ0v) is 33.6. The molecular weight excluding hydrogens is 725 g/mol. The summed E-state index contributed by atoms with van der Waals surface area (Å²) in [6.45, 7) is 4.97. The molecule has 2 atom stereocenters. The van der Waals surface area contributed by atoms with Gasteiger partial charge in [0.15, 0.2) is 0 Å². The first kappa shape index (κ1) is 32.8. The summed E-state index contributed by atoms with van der Waals surface area (Å²) in [5, 5.41) is 14.4. The van der Waals surface area contributed by atoms with Gasteiger partial charge in [0, 0.05) is 38.7 Å². The Morgan fingerprint density at radius 3 is 1.78 bits per heavy atom. The maximum Gasteiger partial charge on any atom is 0.0544 e. The van der Waals surface area contributed by atoms with Gasteiger partial charge in [0.1, 0.15) is 0 Å². The van der Waals surface area contributed by atoms with Crippen LogP contribution in [0.4, 0.5) is 0 Å². The summed E-state index contributed by atoms with van der Waals surface area (Å²) in [4.78, 5) is 0. The second-order valence-electron chi connectivity index (χ2n) is 18.1. The molecule has 0 saturated heterocycles. The van der Waals surface area contributed by atoms with Crippen LogP contribution in [0.25, 0.3) is 99.7 Å². The van der Waals surface area contributed by atoms with Crippen molar-refractivity contribution in [2.75, 3.05) is 0 Å². The van der Waals surface area contributed by atoms with E-state index in [1.165, 1.54) is 120 Å². The van der Waals surface area contributed by atoms with Gasteiger partial charge in [-0.1, -0.05) is 147 Å². The maximum atomic E-state index is 2.64. The highest BCUT2D eigenvalue weighted by Gasteiger charge is 2.46. The lowest BCUT2D eigenvalue weighted by Crippen LogP contribution is -2.37. The quantitative estimate of drug-likeness (QED) is 0.155. The number of rotatable bonds is 2. The van der Waals surface area contributed by atoms with Gasteiger partial charge in [-0.3, -0.25) is 0 Å². The van der Waals surface area contributed by atoms with E-state index >= 15 is 0 Å². The van der Waals surface area contributed by atoms with Crippen LogP contribution in [0, 0.1) is 5.92 Å². The molecule has 282 valence electrons. The summed E-state index contributed by atoms with van der Waals surface area (Å²) >= 11 is 0. The van der Waals surface area contributed by atoms with Crippen LogP contribution in [0.3, 0.4) is 0 Å². The largest absolute Gasteiger partial charge is 0.310 e. The highest BCUT2D eigenvalue weighted by Crippen LogP contribution is 2.54. The minimum atomic E-state index is -0.0969. The second-order valence-corrected chi connectivity index (χ2v) is 18.1. The highest BCUT2D eigenvalue weighted by atomic mass is 15.0. The van der Waals surface area contributed by atoms with Crippen molar-refractivity contribution < 1.29 is 0 Å². The molecule has 60 heavy (non-hydrogen) atoms. The minimum absolute atomic E-state index is 0.0969. The summed E-state index contributed by atoms with van der Waals surface area (Å²) in [6, 6.07) is 64.1. The molecule has 9 aromatic carbocycles. The van der Waals surface area contributed by atoms with Crippen molar-refractivity contribution in [1.29, 1.82) is 0 Å². The first-order valence-corrected chi connectivity index (χ1v) is 21.5. The predicted molar refractivity (Wildman–Crippen MR) is 252 cm³/mol. The molecule has 3 aliphatic carbocycles. The zero-order chi connectivity index (χ0) is 39.4. The van der Waals surface area contributed by atoms with Crippen LogP contribution in [-0.2, 0) is 11.8 Å². The number of hydrogen-bond donors (Lipinski definition) is 0. The molecule has 0 aliphatic heterocycles. The van der Waals surface area contributed by atoms with E-state index in [0.29, 0.717) is 5.92 Å². The fourth-order valence-corrected chi connectivity index (χ4v) is 12.0. The summed E-state index contributed by atoms with van der Waals surface area (Å²) in [5.74, 6) is 0.588. The molecule has 2 unspecified atom stereocenters. The standard InChI is InChI=1S/C58H40N2/c1-58(2)52-32-56-50(44-19-9-11-21-54(44)59(56)36-24-23-35-27-34-13-3-4-14-38(34)46(35)28-36)30-48(52)49-31-51-45-20-10-12-22-55(45)60(57(51)33-53(49)58)37-25-26-43-41-17-6-5-15-39(41)40-16-7-8-18-42(40)47(43)29-37/h3-26,28-33,48,52H,27H2,1-2H3. The van der Waals surface area contributed by atoms with Gasteiger partial charge in [-0.25, -0.2) is 0 Å². The molecule has 11 aromatic rings. The molecule has 0 spiro atoms. The fraction of sp³-hybridized carbons (Fsp3) is 0.103. The number of hydrogen-bond acceptors (Lipinski definition) is 0. The Bertz CT molecular complexity index is 3820. The molecule has 3 aliphatic rings. The Morgan fingerprint density at radius 1 is 0.433 bits per heavy atom. The van der Waals surface area contributed by atoms with Crippen LogP contribution in [0.15, 0.2) is 170 Å². The van der Waals surface area contributed by atoms with E-state index in [4.69, 9.17) is 0 Å². The van der Waals surface area contributed by atoms with Crippen molar-refractivity contribution in [3.05, 3.63) is 203 Å². The van der Waals surface area contributed by atoms with E-state index in [-0.39, 0.29) is 11.3 Å². The van der Waals surface area contributed by atoms with E-state index in [9.17, 15) is 0 Å². The Labute approximate surface area is 347 Å². The van der Waals surface area contributed by atoms with Crippen molar-refractivity contribution in [2.24, 2.45) is 5.92 Å². The fourth-order valence-electron chi connectivity index (χ4n) is 12.0. The molecule has 0 radical (unpaired) electrons. The Balaban J connectivity index is 0.987. The molecule has 14 rings (SSSR count). The van der Waals surface area contributed by atoms with E-state index < -0.39 is 0 Å². The molecule has 0 fully saturated rings. The smallest absolute Gasteiger partial charge is 0.0544 e. The SMILES string of the molecule is CC1(C)c2cc3c(cc2C2C=c4c(n(-c5ccc6c(c5)-c5ccccc5C6)c5ccccc45)=CC21)c1ccccc1n3-c1ccc2c3ccccc3c3ccccc3c2c1. The first-order chi connectivity index (χ1) is 29.5. The third kappa shape index (κ3) is 4.18. The maximum absolute atomic E-state index is 2.64. The lowest BCUT2D eigenvalue weighted by molar-refractivity contribution is 0.421. The van der Waals surface area contributed by atoms with Crippen LogP contribution in [0.5, 0.6) is 0 Å². The van der Waals surface area contributed by atoms with Crippen molar-refractivity contribution in [2.45, 2.75) is 31.6 Å². The monoisotopic (exact) mass is 764 g/mol. The van der Waals surface area contributed by atoms with Crippen molar-refractivity contribution >= 4 is 77.2 Å².